The van der Waals surface area contributed by atoms with E-state index in [1.165, 1.54) is 0 Å². The van der Waals surface area contributed by atoms with Gasteiger partial charge >= 0.3 is 0 Å². The van der Waals surface area contributed by atoms with E-state index >= 15 is 0 Å². The minimum absolute atomic E-state index is 0.00639. The fourth-order valence-electron chi connectivity index (χ4n) is 1.55. The normalized spacial score (nSPS) is 25.1. The van der Waals surface area contributed by atoms with Gasteiger partial charge in [0.2, 0.25) is 5.96 Å². The van der Waals surface area contributed by atoms with Crippen LogP contribution in [0.2, 0.25) is 0 Å². The van der Waals surface area contributed by atoms with Crippen LogP contribution in [0.1, 0.15) is 20.8 Å². The first-order valence-corrected chi connectivity index (χ1v) is 4.70. The van der Waals surface area contributed by atoms with Crippen molar-refractivity contribution in [3.63, 3.8) is 0 Å². The van der Waals surface area contributed by atoms with E-state index in [1.54, 1.807) is 0 Å². The van der Waals surface area contributed by atoms with Crippen LogP contribution in [-0.4, -0.2) is 29.3 Å². The standard InChI is InChI=1S/C9H13N5O/c1-9(2,3)6-4-5(13-14-6)7(15)12-8(10)11-4/h5,13H,1-3H3,(H2,10,12,15). The predicted octanol–water partition coefficient (Wildman–Crippen LogP) is -0.344. The molecule has 2 rings (SSSR count). The lowest BCUT2D eigenvalue weighted by Crippen LogP contribution is -2.44. The van der Waals surface area contributed by atoms with E-state index < -0.39 is 6.04 Å². The van der Waals surface area contributed by atoms with E-state index in [4.69, 9.17) is 5.73 Å². The molecule has 0 aromatic heterocycles. The molecule has 3 N–H and O–H groups in total. The summed E-state index contributed by atoms with van der Waals surface area (Å²) in [4.78, 5) is 19.1. The van der Waals surface area contributed by atoms with Gasteiger partial charge in [-0.3, -0.25) is 10.2 Å². The minimum Gasteiger partial charge on any atom is -0.368 e. The maximum absolute atomic E-state index is 11.5. The van der Waals surface area contributed by atoms with Crippen molar-refractivity contribution in [3.8, 4) is 0 Å². The van der Waals surface area contributed by atoms with Crippen molar-refractivity contribution in [2.45, 2.75) is 26.8 Å². The van der Waals surface area contributed by atoms with E-state index in [2.05, 4.69) is 20.5 Å². The number of aliphatic imine (C=N–C) groups is 2. The smallest absolute Gasteiger partial charge is 0.279 e. The van der Waals surface area contributed by atoms with E-state index in [0.29, 0.717) is 5.71 Å². The number of rotatable bonds is 0. The SMILES string of the molecule is CC(C)(C)C1=NNC2C(=O)N=C(N)N=C12. The van der Waals surface area contributed by atoms with E-state index in [1.807, 2.05) is 20.8 Å². The van der Waals surface area contributed by atoms with Gasteiger partial charge < -0.3 is 5.73 Å². The van der Waals surface area contributed by atoms with E-state index in [0.717, 1.165) is 5.71 Å². The Morgan fingerprint density at radius 2 is 2.00 bits per heavy atom. The van der Waals surface area contributed by atoms with Crippen molar-refractivity contribution in [2.24, 2.45) is 26.2 Å². The maximum Gasteiger partial charge on any atom is 0.279 e. The molecule has 2 aliphatic rings. The molecule has 0 bridgehead atoms. The second-order valence-electron chi connectivity index (χ2n) is 4.58. The third kappa shape index (κ3) is 1.51. The molecule has 80 valence electrons. The molecule has 1 atom stereocenters. The summed E-state index contributed by atoms with van der Waals surface area (Å²) in [6.07, 6.45) is 0. The first-order valence-electron chi connectivity index (χ1n) is 4.70. The monoisotopic (exact) mass is 207 g/mol. The van der Waals surface area contributed by atoms with Crippen molar-refractivity contribution in [3.05, 3.63) is 0 Å². The van der Waals surface area contributed by atoms with Gasteiger partial charge in [-0.15, -0.1) is 0 Å². The Morgan fingerprint density at radius 3 is 2.60 bits per heavy atom. The summed E-state index contributed by atoms with van der Waals surface area (Å²) in [7, 11) is 0. The molecule has 0 radical (unpaired) electrons. The molecule has 0 saturated carbocycles. The fraction of sp³-hybridized carbons (Fsp3) is 0.556. The van der Waals surface area contributed by atoms with Crippen LogP contribution in [-0.2, 0) is 4.79 Å². The van der Waals surface area contributed by atoms with Crippen LogP contribution in [0.4, 0.5) is 0 Å². The molecule has 2 aliphatic heterocycles. The molecule has 0 aromatic rings. The summed E-state index contributed by atoms with van der Waals surface area (Å²) in [5.74, 6) is -0.326. The van der Waals surface area contributed by atoms with Gasteiger partial charge in [0, 0.05) is 5.41 Å². The Bertz CT molecular complexity index is 413. The molecule has 0 fully saturated rings. The van der Waals surface area contributed by atoms with E-state index in [9.17, 15) is 4.79 Å². The van der Waals surface area contributed by atoms with Gasteiger partial charge in [0.25, 0.3) is 5.91 Å². The average molecular weight is 207 g/mol. The summed E-state index contributed by atoms with van der Waals surface area (Å²) >= 11 is 0. The summed E-state index contributed by atoms with van der Waals surface area (Å²) in [6.45, 7) is 6.01. The first-order chi connectivity index (χ1) is 6.89. The van der Waals surface area contributed by atoms with Crippen molar-refractivity contribution in [1.82, 2.24) is 5.43 Å². The summed E-state index contributed by atoms with van der Waals surface area (Å²) < 4.78 is 0. The molecule has 1 unspecified atom stereocenters. The highest BCUT2D eigenvalue weighted by atomic mass is 16.2. The highest BCUT2D eigenvalue weighted by molar-refractivity contribution is 6.52. The zero-order valence-corrected chi connectivity index (χ0v) is 8.90. The van der Waals surface area contributed by atoms with Gasteiger partial charge in [0.15, 0.2) is 6.04 Å². The van der Waals surface area contributed by atoms with Gasteiger partial charge in [-0.2, -0.15) is 10.1 Å². The lowest BCUT2D eigenvalue weighted by molar-refractivity contribution is -0.118. The molecular formula is C9H13N5O. The third-order valence-corrected chi connectivity index (χ3v) is 2.24. The highest BCUT2D eigenvalue weighted by Gasteiger charge is 2.40. The zero-order valence-electron chi connectivity index (χ0n) is 8.90. The van der Waals surface area contributed by atoms with Crippen molar-refractivity contribution < 1.29 is 4.79 Å². The number of fused-ring (bicyclic) bond motifs is 1. The first kappa shape index (κ1) is 9.82. The summed E-state index contributed by atoms with van der Waals surface area (Å²) in [6, 6.07) is -0.550. The van der Waals surface area contributed by atoms with Gasteiger partial charge in [0.1, 0.15) is 5.71 Å². The van der Waals surface area contributed by atoms with Gasteiger partial charge in [-0.1, -0.05) is 20.8 Å². The molecule has 15 heavy (non-hydrogen) atoms. The van der Waals surface area contributed by atoms with Gasteiger partial charge in [-0.25, -0.2) is 4.99 Å². The Labute approximate surface area is 87.4 Å². The van der Waals surface area contributed by atoms with Gasteiger partial charge in [-0.05, 0) is 0 Å². The van der Waals surface area contributed by atoms with Crippen LogP contribution in [0.5, 0.6) is 0 Å². The van der Waals surface area contributed by atoms with Crippen LogP contribution < -0.4 is 11.2 Å². The topological polar surface area (TPSA) is 92.2 Å². The average Bonchev–Trinajstić information content (AvgIpc) is 2.45. The summed E-state index contributed by atoms with van der Waals surface area (Å²) in [5.41, 5.74) is 9.37. The molecule has 0 aliphatic carbocycles. The largest absolute Gasteiger partial charge is 0.368 e. The summed E-state index contributed by atoms with van der Waals surface area (Å²) in [5, 5.41) is 4.12. The number of nitrogens with one attached hydrogen (secondary N) is 1. The van der Waals surface area contributed by atoms with Crippen LogP contribution >= 0.6 is 0 Å². The lowest BCUT2D eigenvalue weighted by Gasteiger charge is -2.20. The molecule has 0 aromatic carbocycles. The van der Waals surface area contributed by atoms with E-state index in [-0.39, 0.29) is 17.3 Å². The van der Waals surface area contributed by atoms with Crippen molar-refractivity contribution in [2.75, 3.05) is 0 Å². The van der Waals surface area contributed by atoms with Crippen LogP contribution in [0.15, 0.2) is 15.1 Å². The fourth-order valence-corrected chi connectivity index (χ4v) is 1.55. The number of nitrogens with zero attached hydrogens (tertiary/aromatic N) is 3. The minimum atomic E-state index is -0.550. The zero-order chi connectivity index (χ0) is 11.2. The number of carbonyl (C=O) groups excluding carboxylic acids is 1. The Morgan fingerprint density at radius 1 is 1.33 bits per heavy atom. The quantitative estimate of drug-likeness (QED) is 0.569. The second kappa shape index (κ2) is 2.88. The molecule has 1 amide bonds. The number of hydrazone groups is 1. The molecule has 2 heterocycles. The second-order valence-corrected chi connectivity index (χ2v) is 4.58. The predicted molar refractivity (Wildman–Crippen MR) is 57.9 cm³/mol. The number of guanidine groups is 1. The molecule has 0 saturated heterocycles. The third-order valence-electron chi connectivity index (χ3n) is 2.24. The molecule has 0 spiro atoms. The number of nitrogens with two attached hydrogens (primary N) is 1. The number of hydrogen-bond donors (Lipinski definition) is 2. The molecular weight excluding hydrogens is 194 g/mol. The van der Waals surface area contributed by atoms with Crippen molar-refractivity contribution in [1.29, 1.82) is 0 Å². The number of carbonyl (C=O) groups is 1. The van der Waals surface area contributed by atoms with Crippen LogP contribution in [0.25, 0.3) is 0 Å². The maximum atomic E-state index is 11.5. The lowest BCUT2D eigenvalue weighted by atomic mass is 9.85. The number of amides is 1. The van der Waals surface area contributed by atoms with Crippen molar-refractivity contribution >= 4 is 23.3 Å². The highest BCUT2D eigenvalue weighted by Crippen LogP contribution is 2.22. The van der Waals surface area contributed by atoms with Crippen LogP contribution in [0, 0.1) is 5.41 Å². The van der Waals surface area contributed by atoms with Gasteiger partial charge in [0.05, 0.1) is 5.71 Å². The molecule has 6 nitrogen and oxygen atoms in total. The number of hydrogen-bond acceptors (Lipinski definition) is 5. The molecule has 6 heteroatoms. The Kier molecular flexibility index (Phi) is 1.89. The Balaban J connectivity index is 2.42. The Hall–Kier alpha value is -1.72. The van der Waals surface area contributed by atoms with Crippen LogP contribution in [0.3, 0.4) is 0 Å².